The average Bonchev–Trinajstić information content (AvgIpc) is 3.62. The van der Waals surface area contributed by atoms with Gasteiger partial charge in [0.1, 0.15) is 5.75 Å². The molecule has 6 nitrogen and oxygen atoms in total. The minimum Gasteiger partial charge on any atom is -0.493 e. The second-order valence-electron chi connectivity index (χ2n) is 10.3. The Hall–Kier alpha value is -4.59. The molecule has 0 atom stereocenters. The summed E-state index contributed by atoms with van der Waals surface area (Å²) in [6, 6.07) is 33.2. The Kier molecular flexibility index (Phi) is 8.96. The molecule has 220 valence electrons. The summed E-state index contributed by atoms with van der Waals surface area (Å²) in [5.41, 5.74) is 6.41. The molecule has 1 aromatic heterocycles. The van der Waals surface area contributed by atoms with Crippen LogP contribution in [0, 0.1) is 6.92 Å². The van der Waals surface area contributed by atoms with Crippen molar-refractivity contribution in [1.82, 2.24) is 9.78 Å². The number of aromatic nitrogens is 2. The van der Waals surface area contributed by atoms with E-state index in [1.165, 1.54) is 5.01 Å². The van der Waals surface area contributed by atoms with Crippen molar-refractivity contribution in [2.45, 2.75) is 25.2 Å². The summed E-state index contributed by atoms with van der Waals surface area (Å²) in [6.45, 7) is 4.79. The van der Waals surface area contributed by atoms with Gasteiger partial charge in [0.2, 0.25) is 0 Å². The number of anilines is 1. The fraction of sp³-hybridized carbons (Fsp3) is 0.139. The van der Waals surface area contributed by atoms with E-state index in [2.05, 4.69) is 13.0 Å². The number of ether oxygens (including phenoxy) is 1. The van der Waals surface area contributed by atoms with Gasteiger partial charge in [0.05, 0.1) is 35.0 Å². The molecule has 1 aliphatic rings. The third-order valence-electron chi connectivity index (χ3n) is 7.12. The molecule has 1 aliphatic heterocycles. The predicted molar refractivity (Wildman–Crippen MR) is 181 cm³/mol. The summed E-state index contributed by atoms with van der Waals surface area (Å²) in [4.78, 5) is 15.0. The zero-order chi connectivity index (χ0) is 30.5. The number of hydrogen-bond acceptors (Lipinski definition) is 5. The van der Waals surface area contributed by atoms with Gasteiger partial charge in [-0.2, -0.15) is 15.2 Å². The number of nitrogens with zero attached hydrogens (tertiary/aromatic N) is 4. The van der Waals surface area contributed by atoms with Gasteiger partial charge < -0.3 is 4.74 Å². The van der Waals surface area contributed by atoms with Crippen LogP contribution in [0.25, 0.3) is 23.0 Å². The third kappa shape index (κ3) is 6.49. The van der Waals surface area contributed by atoms with Crippen molar-refractivity contribution in [3.8, 4) is 22.7 Å². The molecule has 0 spiro atoms. The van der Waals surface area contributed by atoms with E-state index in [4.69, 9.17) is 26.5 Å². The van der Waals surface area contributed by atoms with E-state index < -0.39 is 0 Å². The maximum Gasteiger partial charge on any atom is 0.280 e. The quantitative estimate of drug-likeness (QED) is 0.116. The van der Waals surface area contributed by atoms with Crippen LogP contribution in [0.1, 0.15) is 24.5 Å². The number of hydrazone groups is 1. The molecule has 0 fully saturated rings. The second kappa shape index (κ2) is 13.4. The van der Waals surface area contributed by atoms with Gasteiger partial charge in [-0.15, -0.1) is 11.8 Å². The zero-order valence-corrected chi connectivity index (χ0v) is 26.1. The predicted octanol–water partition coefficient (Wildman–Crippen LogP) is 8.87. The van der Waals surface area contributed by atoms with Gasteiger partial charge in [-0.05, 0) is 91.7 Å². The summed E-state index contributed by atoms with van der Waals surface area (Å²) in [5.74, 6) is 1.18. The van der Waals surface area contributed by atoms with Gasteiger partial charge in [-0.25, -0.2) is 4.68 Å². The molecule has 0 radical (unpaired) electrons. The van der Waals surface area contributed by atoms with Crippen LogP contribution in [0.5, 0.6) is 5.75 Å². The summed E-state index contributed by atoms with van der Waals surface area (Å²) in [6.07, 6.45) is 4.83. The molecule has 0 unspecified atom stereocenters. The van der Waals surface area contributed by atoms with E-state index in [9.17, 15) is 4.79 Å². The van der Waals surface area contributed by atoms with Gasteiger partial charge in [0.25, 0.3) is 5.91 Å². The molecule has 6 rings (SSSR count). The molecule has 0 saturated heterocycles. The second-order valence-corrected chi connectivity index (χ2v) is 11.8. The minimum atomic E-state index is -0.180. The highest BCUT2D eigenvalue weighted by Crippen LogP contribution is 2.33. The van der Waals surface area contributed by atoms with Crippen molar-refractivity contribution in [3.63, 3.8) is 0 Å². The number of carbonyl (C=O) groups excluding carboxylic acids is 1. The molecule has 8 heteroatoms. The summed E-state index contributed by atoms with van der Waals surface area (Å²) < 4.78 is 7.78. The summed E-state index contributed by atoms with van der Waals surface area (Å²) in [5, 5.41) is 12.0. The van der Waals surface area contributed by atoms with Crippen molar-refractivity contribution < 1.29 is 9.53 Å². The van der Waals surface area contributed by atoms with E-state index in [0.29, 0.717) is 34.4 Å². The molecular weight excluding hydrogens is 588 g/mol. The Morgan fingerprint density at radius 2 is 1.61 bits per heavy atom. The van der Waals surface area contributed by atoms with Gasteiger partial charge in [-0.3, -0.25) is 4.79 Å². The SMILES string of the molecule is CCCOc1ccc(-c2nn(-c3ccccc3)cc2C=C2C(=O)N(c3ccccc3)N=C2CSc2ccc(Cl)cc2)cc1C. The molecule has 2 heterocycles. The van der Waals surface area contributed by atoms with Gasteiger partial charge in [-0.1, -0.05) is 54.9 Å². The Morgan fingerprint density at radius 1 is 0.909 bits per heavy atom. The normalized spacial score (nSPS) is 13.9. The van der Waals surface area contributed by atoms with Crippen molar-refractivity contribution in [3.05, 3.63) is 131 Å². The summed E-state index contributed by atoms with van der Waals surface area (Å²) in [7, 11) is 0. The number of halogens is 1. The van der Waals surface area contributed by atoms with E-state index >= 15 is 0 Å². The first kappa shape index (κ1) is 29.5. The third-order valence-corrected chi connectivity index (χ3v) is 8.39. The number of thioether (sulfide) groups is 1. The largest absolute Gasteiger partial charge is 0.493 e. The maximum absolute atomic E-state index is 14.0. The first-order valence-corrected chi connectivity index (χ1v) is 15.8. The Morgan fingerprint density at radius 3 is 2.30 bits per heavy atom. The number of benzene rings is 4. The molecule has 0 bridgehead atoms. The molecule has 4 aromatic carbocycles. The van der Waals surface area contributed by atoms with Gasteiger partial charge in [0, 0.05) is 33.0 Å². The Balaban J connectivity index is 1.43. The summed E-state index contributed by atoms with van der Waals surface area (Å²) >= 11 is 7.71. The van der Waals surface area contributed by atoms with Crippen LogP contribution in [-0.2, 0) is 4.79 Å². The van der Waals surface area contributed by atoms with Crippen LogP contribution < -0.4 is 9.75 Å². The Labute approximate surface area is 266 Å². The molecule has 0 N–H and O–H groups in total. The molecule has 1 amide bonds. The number of aryl methyl sites for hydroxylation is 1. The van der Waals surface area contributed by atoms with Crippen LogP contribution in [0.15, 0.2) is 125 Å². The highest BCUT2D eigenvalue weighted by Gasteiger charge is 2.31. The Bertz CT molecular complexity index is 1830. The molecule has 0 aliphatic carbocycles. The lowest BCUT2D eigenvalue weighted by molar-refractivity contribution is -0.114. The van der Waals surface area contributed by atoms with Crippen molar-refractivity contribution in [1.29, 1.82) is 0 Å². The highest BCUT2D eigenvalue weighted by atomic mass is 35.5. The zero-order valence-electron chi connectivity index (χ0n) is 24.5. The lowest BCUT2D eigenvalue weighted by Gasteiger charge is -2.11. The molecule has 44 heavy (non-hydrogen) atoms. The maximum atomic E-state index is 14.0. The number of hydrogen-bond donors (Lipinski definition) is 0. The fourth-order valence-electron chi connectivity index (χ4n) is 4.89. The fourth-order valence-corrected chi connectivity index (χ4v) is 5.86. The van der Waals surface area contributed by atoms with Gasteiger partial charge >= 0.3 is 0 Å². The first-order valence-electron chi connectivity index (χ1n) is 14.5. The van der Waals surface area contributed by atoms with E-state index in [-0.39, 0.29) is 5.91 Å². The van der Waals surface area contributed by atoms with Crippen LogP contribution in [0.3, 0.4) is 0 Å². The standard InChI is InChI=1S/C36H31ClN4O2S/c1-3-20-43-34-19-14-26(21-25(34)2)35-27(23-40(39-35)29-10-6-4-7-11-29)22-32-33(24-44-31-17-15-28(37)16-18-31)38-41(36(32)42)30-12-8-5-9-13-30/h4-19,21-23H,3,20,24H2,1-2H3. The number of amides is 1. The molecular formula is C36H31ClN4O2S. The highest BCUT2D eigenvalue weighted by molar-refractivity contribution is 8.00. The molecule has 5 aromatic rings. The smallest absolute Gasteiger partial charge is 0.280 e. The monoisotopic (exact) mass is 618 g/mol. The van der Waals surface area contributed by atoms with Crippen molar-refractivity contribution in [2.75, 3.05) is 17.4 Å². The van der Waals surface area contributed by atoms with E-state index in [1.54, 1.807) is 11.8 Å². The minimum absolute atomic E-state index is 0.180. The number of para-hydroxylation sites is 2. The number of rotatable bonds is 10. The van der Waals surface area contributed by atoms with Crippen LogP contribution in [0.2, 0.25) is 5.02 Å². The average molecular weight is 619 g/mol. The van der Waals surface area contributed by atoms with Crippen LogP contribution in [-0.4, -0.2) is 33.8 Å². The van der Waals surface area contributed by atoms with Crippen molar-refractivity contribution in [2.24, 2.45) is 5.10 Å². The topological polar surface area (TPSA) is 59.7 Å². The number of carbonyl (C=O) groups is 1. The first-order chi connectivity index (χ1) is 21.5. The lowest BCUT2D eigenvalue weighted by Crippen LogP contribution is -2.21. The van der Waals surface area contributed by atoms with E-state index in [1.807, 2.05) is 121 Å². The molecule has 0 saturated carbocycles. The lowest BCUT2D eigenvalue weighted by atomic mass is 10.0. The van der Waals surface area contributed by atoms with Crippen LogP contribution in [0.4, 0.5) is 5.69 Å². The van der Waals surface area contributed by atoms with Crippen molar-refractivity contribution >= 4 is 46.7 Å². The van der Waals surface area contributed by atoms with E-state index in [0.717, 1.165) is 45.1 Å². The van der Waals surface area contributed by atoms with Crippen LogP contribution >= 0.6 is 23.4 Å². The van der Waals surface area contributed by atoms with Gasteiger partial charge in [0.15, 0.2) is 0 Å².